The van der Waals surface area contributed by atoms with Crippen molar-refractivity contribution in [3.05, 3.63) is 66.6 Å². The number of aromatic nitrogens is 3. The Bertz CT molecular complexity index is 1160. The van der Waals surface area contributed by atoms with E-state index in [1.54, 1.807) is 24.4 Å². The predicted octanol–water partition coefficient (Wildman–Crippen LogP) is 4.23. The van der Waals surface area contributed by atoms with Gasteiger partial charge in [0.05, 0.1) is 18.3 Å². The van der Waals surface area contributed by atoms with Crippen LogP contribution in [0.2, 0.25) is 0 Å². The number of nitrogens with zero attached hydrogens (tertiary/aromatic N) is 3. The number of hydrogen-bond acceptors (Lipinski definition) is 5. The fourth-order valence-corrected chi connectivity index (χ4v) is 2.96. The maximum atomic E-state index is 14.5. The highest BCUT2D eigenvalue weighted by molar-refractivity contribution is 5.93. The third-order valence-electron chi connectivity index (χ3n) is 4.28. The Morgan fingerprint density at radius 2 is 1.78 bits per heavy atom. The van der Waals surface area contributed by atoms with Crippen molar-refractivity contribution in [2.45, 2.75) is 0 Å². The molecule has 27 heavy (non-hydrogen) atoms. The zero-order chi connectivity index (χ0) is 19.0. The van der Waals surface area contributed by atoms with E-state index in [1.807, 2.05) is 12.1 Å². The molecular formula is C20H14F2N4O. The van der Waals surface area contributed by atoms with Crippen LogP contribution >= 0.6 is 0 Å². The molecule has 0 radical (unpaired) electrons. The summed E-state index contributed by atoms with van der Waals surface area (Å²) in [6, 6.07) is 11.1. The van der Waals surface area contributed by atoms with Gasteiger partial charge in [0, 0.05) is 28.8 Å². The van der Waals surface area contributed by atoms with E-state index < -0.39 is 11.6 Å². The van der Waals surface area contributed by atoms with E-state index in [4.69, 9.17) is 10.5 Å². The Labute approximate surface area is 153 Å². The molecular weight excluding hydrogens is 350 g/mol. The first-order valence-corrected chi connectivity index (χ1v) is 8.07. The van der Waals surface area contributed by atoms with Gasteiger partial charge in [-0.15, -0.1) is 0 Å². The second-order valence-corrected chi connectivity index (χ2v) is 5.86. The molecule has 2 heterocycles. The summed E-state index contributed by atoms with van der Waals surface area (Å²) < 4.78 is 33.2. The molecule has 0 atom stereocenters. The lowest BCUT2D eigenvalue weighted by Crippen LogP contribution is -1.97. The third kappa shape index (κ3) is 2.93. The lowest BCUT2D eigenvalue weighted by atomic mass is 9.97. The van der Waals surface area contributed by atoms with Gasteiger partial charge in [0.15, 0.2) is 11.6 Å². The SMILES string of the molecule is COc1cc(-c2ncccc2-c2ccc3ncnc(N)c3c2)c(F)cc1F. The normalized spacial score (nSPS) is 10.9. The minimum Gasteiger partial charge on any atom is -0.494 e. The number of rotatable bonds is 3. The standard InChI is InChI=1S/C20H14F2N4O/c1-27-18-8-13(15(21)9-16(18)22)19-12(3-2-6-24-19)11-4-5-17-14(7-11)20(23)26-10-25-17/h2-10H,1H3,(H2,23,25,26). The van der Waals surface area contributed by atoms with Gasteiger partial charge in [-0.25, -0.2) is 18.7 Å². The van der Waals surface area contributed by atoms with Gasteiger partial charge in [0.2, 0.25) is 0 Å². The van der Waals surface area contributed by atoms with E-state index in [0.29, 0.717) is 28.0 Å². The van der Waals surface area contributed by atoms with E-state index in [2.05, 4.69) is 15.0 Å². The zero-order valence-electron chi connectivity index (χ0n) is 14.3. The van der Waals surface area contributed by atoms with Crippen LogP contribution < -0.4 is 10.5 Å². The minimum absolute atomic E-state index is 0.0563. The van der Waals surface area contributed by atoms with Crippen LogP contribution in [0.5, 0.6) is 5.75 Å². The Kier molecular flexibility index (Phi) is 4.12. The van der Waals surface area contributed by atoms with Gasteiger partial charge in [0.25, 0.3) is 0 Å². The summed E-state index contributed by atoms with van der Waals surface area (Å²) in [7, 11) is 1.32. The molecule has 2 aromatic carbocycles. The van der Waals surface area contributed by atoms with Crippen LogP contribution in [0.3, 0.4) is 0 Å². The summed E-state index contributed by atoms with van der Waals surface area (Å²) in [5.41, 5.74) is 8.57. The Hall–Kier alpha value is -3.61. The van der Waals surface area contributed by atoms with Crippen LogP contribution in [0.25, 0.3) is 33.3 Å². The number of benzene rings is 2. The molecule has 4 rings (SSSR count). The number of pyridine rings is 1. The first-order valence-electron chi connectivity index (χ1n) is 8.07. The van der Waals surface area contributed by atoms with Crippen LogP contribution in [-0.4, -0.2) is 22.1 Å². The second-order valence-electron chi connectivity index (χ2n) is 5.86. The van der Waals surface area contributed by atoms with Crippen LogP contribution in [0.1, 0.15) is 0 Å². The van der Waals surface area contributed by atoms with Crippen molar-refractivity contribution in [1.29, 1.82) is 0 Å². The van der Waals surface area contributed by atoms with Crippen LogP contribution in [0.4, 0.5) is 14.6 Å². The molecule has 0 aliphatic rings. The second kappa shape index (κ2) is 6.60. The molecule has 2 aromatic heterocycles. The van der Waals surface area contributed by atoms with Gasteiger partial charge >= 0.3 is 0 Å². The maximum Gasteiger partial charge on any atom is 0.168 e. The van der Waals surface area contributed by atoms with E-state index in [-0.39, 0.29) is 11.3 Å². The molecule has 0 unspecified atom stereocenters. The van der Waals surface area contributed by atoms with Crippen molar-refractivity contribution in [3.63, 3.8) is 0 Å². The van der Waals surface area contributed by atoms with Gasteiger partial charge in [-0.1, -0.05) is 12.1 Å². The van der Waals surface area contributed by atoms with Crippen molar-refractivity contribution < 1.29 is 13.5 Å². The van der Waals surface area contributed by atoms with E-state index in [1.165, 1.54) is 19.5 Å². The molecule has 0 aliphatic heterocycles. The minimum atomic E-state index is -0.771. The molecule has 7 heteroatoms. The molecule has 0 fully saturated rings. The fourth-order valence-electron chi connectivity index (χ4n) is 2.96. The molecule has 0 bridgehead atoms. The lowest BCUT2D eigenvalue weighted by Gasteiger charge is -2.12. The molecule has 2 N–H and O–H groups in total. The molecule has 0 aliphatic carbocycles. The summed E-state index contributed by atoms with van der Waals surface area (Å²) in [5.74, 6) is -1.20. The van der Waals surface area contributed by atoms with Gasteiger partial charge in [-0.05, 0) is 29.8 Å². The van der Waals surface area contributed by atoms with Crippen molar-refractivity contribution in [2.24, 2.45) is 0 Å². The van der Waals surface area contributed by atoms with Crippen LogP contribution in [0.15, 0.2) is 55.0 Å². The van der Waals surface area contributed by atoms with Crippen molar-refractivity contribution in [3.8, 4) is 28.1 Å². The Morgan fingerprint density at radius 1 is 0.926 bits per heavy atom. The van der Waals surface area contributed by atoms with Crippen molar-refractivity contribution >= 4 is 16.7 Å². The van der Waals surface area contributed by atoms with Gasteiger partial charge < -0.3 is 10.5 Å². The molecule has 0 saturated carbocycles. The number of hydrogen-bond donors (Lipinski definition) is 1. The summed E-state index contributed by atoms with van der Waals surface area (Å²) in [5, 5.41) is 0.682. The molecule has 0 spiro atoms. The summed E-state index contributed by atoms with van der Waals surface area (Å²) in [6.45, 7) is 0. The first kappa shape index (κ1) is 16.8. The first-order chi connectivity index (χ1) is 13.1. The van der Waals surface area contributed by atoms with Crippen LogP contribution in [-0.2, 0) is 0 Å². The zero-order valence-corrected chi connectivity index (χ0v) is 14.3. The smallest absolute Gasteiger partial charge is 0.168 e. The molecule has 0 saturated heterocycles. The van der Waals surface area contributed by atoms with Crippen LogP contribution in [0, 0.1) is 11.6 Å². The molecule has 4 aromatic rings. The number of anilines is 1. The van der Waals surface area contributed by atoms with E-state index in [9.17, 15) is 8.78 Å². The summed E-state index contributed by atoms with van der Waals surface area (Å²) in [4.78, 5) is 12.5. The van der Waals surface area contributed by atoms with E-state index >= 15 is 0 Å². The highest BCUT2D eigenvalue weighted by Crippen LogP contribution is 2.36. The van der Waals surface area contributed by atoms with Gasteiger partial charge in [-0.2, -0.15) is 0 Å². The summed E-state index contributed by atoms with van der Waals surface area (Å²) >= 11 is 0. The van der Waals surface area contributed by atoms with Gasteiger partial charge in [0.1, 0.15) is 18.0 Å². The molecule has 0 amide bonds. The Balaban J connectivity index is 1.94. The average molecular weight is 364 g/mol. The quantitative estimate of drug-likeness (QED) is 0.589. The predicted molar refractivity (Wildman–Crippen MR) is 99.1 cm³/mol. The Morgan fingerprint density at radius 3 is 2.59 bits per heavy atom. The lowest BCUT2D eigenvalue weighted by molar-refractivity contribution is 0.384. The van der Waals surface area contributed by atoms with E-state index in [0.717, 1.165) is 11.6 Å². The fraction of sp³-hybridized carbons (Fsp3) is 0.0500. The number of nitrogens with two attached hydrogens (primary N) is 1. The largest absolute Gasteiger partial charge is 0.494 e. The van der Waals surface area contributed by atoms with Gasteiger partial charge in [-0.3, -0.25) is 4.98 Å². The molecule has 5 nitrogen and oxygen atoms in total. The summed E-state index contributed by atoms with van der Waals surface area (Å²) in [6.07, 6.45) is 2.94. The third-order valence-corrected chi connectivity index (χ3v) is 4.28. The highest BCUT2D eigenvalue weighted by atomic mass is 19.1. The number of fused-ring (bicyclic) bond motifs is 1. The van der Waals surface area contributed by atoms with Crippen molar-refractivity contribution in [2.75, 3.05) is 12.8 Å². The number of methoxy groups -OCH3 is 1. The monoisotopic (exact) mass is 364 g/mol. The highest BCUT2D eigenvalue weighted by Gasteiger charge is 2.17. The maximum absolute atomic E-state index is 14.5. The topological polar surface area (TPSA) is 73.9 Å². The molecule has 134 valence electrons. The average Bonchev–Trinajstić information content (AvgIpc) is 2.68. The van der Waals surface area contributed by atoms with Crippen molar-refractivity contribution in [1.82, 2.24) is 15.0 Å². The number of nitrogen functional groups attached to an aromatic ring is 1. The number of ether oxygens (including phenoxy) is 1. The number of halogens is 2.